The van der Waals surface area contributed by atoms with Crippen molar-refractivity contribution in [3.63, 3.8) is 0 Å². The lowest BCUT2D eigenvalue weighted by Gasteiger charge is -2.29. The standard InChI is InChI=1S/C19H18N4/c1-12-5-6-13(2)18(9-12)23-14(3)22(4)17-8-7-15(10-20)16(11-21)19(17)23/h5-9,14H,1-4H3/t14-/m0/s1. The number of aryl methyl sites for hydroxylation is 2. The highest BCUT2D eigenvalue weighted by molar-refractivity contribution is 5.90. The number of anilines is 3. The summed E-state index contributed by atoms with van der Waals surface area (Å²) in [6.07, 6.45) is 0.0755. The van der Waals surface area contributed by atoms with Gasteiger partial charge in [-0.15, -0.1) is 0 Å². The van der Waals surface area contributed by atoms with Crippen molar-refractivity contribution < 1.29 is 0 Å². The van der Waals surface area contributed by atoms with Gasteiger partial charge in [0.2, 0.25) is 0 Å². The summed E-state index contributed by atoms with van der Waals surface area (Å²) in [7, 11) is 2.02. The van der Waals surface area contributed by atoms with Crippen LogP contribution in [0.2, 0.25) is 0 Å². The lowest BCUT2D eigenvalue weighted by Crippen LogP contribution is -2.36. The molecule has 0 N–H and O–H groups in total. The van der Waals surface area contributed by atoms with E-state index in [2.05, 4.69) is 60.9 Å². The van der Waals surface area contributed by atoms with E-state index in [1.54, 1.807) is 6.07 Å². The van der Waals surface area contributed by atoms with Gasteiger partial charge in [0, 0.05) is 12.7 Å². The Labute approximate surface area is 136 Å². The maximum absolute atomic E-state index is 9.63. The minimum atomic E-state index is 0.0755. The number of fused-ring (bicyclic) bond motifs is 1. The van der Waals surface area contributed by atoms with E-state index in [1.807, 2.05) is 13.1 Å². The SMILES string of the molecule is Cc1ccc(C)c(N2c3c(ccc(C#N)c3C#N)N(C)[C@@H]2C)c1. The average Bonchev–Trinajstić information content (AvgIpc) is 2.80. The first-order valence-electron chi connectivity index (χ1n) is 7.56. The lowest BCUT2D eigenvalue weighted by molar-refractivity contribution is 0.732. The quantitative estimate of drug-likeness (QED) is 0.799. The van der Waals surface area contributed by atoms with Crippen molar-refractivity contribution >= 4 is 17.1 Å². The molecule has 2 aromatic rings. The van der Waals surface area contributed by atoms with Crippen molar-refractivity contribution in [1.29, 1.82) is 10.5 Å². The molecule has 0 amide bonds. The van der Waals surface area contributed by atoms with Crippen molar-refractivity contribution in [2.45, 2.75) is 26.9 Å². The van der Waals surface area contributed by atoms with Crippen molar-refractivity contribution in [3.05, 3.63) is 52.6 Å². The molecular formula is C19H18N4. The van der Waals surface area contributed by atoms with Gasteiger partial charge in [-0.1, -0.05) is 12.1 Å². The van der Waals surface area contributed by atoms with Crippen molar-refractivity contribution in [2.24, 2.45) is 0 Å². The molecule has 2 aromatic carbocycles. The van der Waals surface area contributed by atoms with Gasteiger partial charge in [-0.25, -0.2) is 0 Å². The van der Waals surface area contributed by atoms with Gasteiger partial charge in [0.15, 0.2) is 0 Å². The molecule has 4 nitrogen and oxygen atoms in total. The van der Waals surface area contributed by atoms with Gasteiger partial charge in [0.1, 0.15) is 18.3 Å². The molecule has 0 fully saturated rings. The predicted molar refractivity (Wildman–Crippen MR) is 91.8 cm³/mol. The highest BCUT2D eigenvalue weighted by Gasteiger charge is 2.35. The Hall–Kier alpha value is -2.98. The minimum absolute atomic E-state index is 0.0755. The minimum Gasteiger partial charge on any atom is -0.352 e. The molecule has 0 aromatic heterocycles. The fraction of sp³-hybridized carbons (Fsp3) is 0.263. The van der Waals surface area contributed by atoms with Gasteiger partial charge >= 0.3 is 0 Å². The van der Waals surface area contributed by atoms with E-state index in [1.165, 1.54) is 5.56 Å². The molecule has 0 saturated heterocycles. The highest BCUT2D eigenvalue weighted by Crippen LogP contribution is 2.47. The number of rotatable bonds is 1. The first kappa shape index (κ1) is 14.9. The topological polar surface area (TPSA) is 54.1 Å². The van der Waals surface area contributed by atoms with Crippen LogP contribution in [-0.4, -0.2) is 13.2 Å². The zero-order valence-corrected chi connectivity index (χ0v) is 13.8. The summed E-state index contributed by atoms with van der Waals surface area (Å²) in [5.74, 6) is 0. The molecule has 0 aliphatic carbocycles. The molecule has 1 atom stereocenters. The van der Waals surface area contributed by atoms with Gasteiger partial charge in [-0.2, -0.15) is 10.5 Å². The number of nitriles is 2. The number of hydrogen-bond acceptors (Lipinski definition) is 4. The van der Waals surface area contributed by atoms with E-state index in [4.69, 9.17) is 0 Å². The molecule has 1 heterocycles. The van der Waals surface area contributed by atoms with Crippen molar-refractivity contribution in [1.82, 2.24) is 0 Å². The molecule has 1 aliphatic heterocycles. The Balaban J connectivity index is 2.33. The van der Waals surface area contributed by atoms with Crippen molar-refractivity contribution in [2.75, 3.05) is 16.8 Å². The zero-order valence-electron chi connectivity index (χ0n) is 13.8. The third-order valence-corrected chi connectivity index (χ3v) is 4.57. The first-order chi connectivity index (χ1) is 11.0. The summed E-state index contributed by atoms with van der Waals surface area (Å²) in [6, 6.07) is 14.3. The van der Waals surface area contributed by atoms with Crippen LogP contribution in [0, 0.1) is 36.5 Å². The Morgan fingerprint density at radius 2 is 1.74 bits per heavy atom. The second-order valence-electron chi connectivity index (χ2n) is 5.98. The smallest absolute Gasteiger partial charge is 0.103 e. The summed E-state index contributed by atoms with van der Waals surface area (Å²) in [6.45, 7) is 6.24. The first-order valence-corrected chi connectivity index (χ1v) is 7.56. The molecular weight excluding hydrogens is 284 g/mol. The van der Waals surface area contributed by atoms with Crippen LogP contribution in [-0.2, 0) is 0 Å². The second-order valence-corrected chi connectivity index (χ2v) is 5.98. The second kappa shape index (κ2) is 5.34. The van der Waals surface area contributed by atoms with E-state index in [9.17, 15) is 10.5 Å². The Kier molecular flexibility index (Phi) is 3.47. The Morgan fingerprint density at radius 3 is 2.39 bits per heavy atom. The maximum Gasteiger partial charge on any atom is 0.103 e. The molecule has 0 saturated carbocycles. The molecule has 0 spiro atoms. The van der Waals surface area contributed by atoms with Gasteiger partial charge in [-0.3, -0.25) is 0 Å². The summed E-state index contributed by atoms with van der Waals surface area (Å²) in [5.41, 5.74) is 6.07. The molecule has 3 rings (SSSR count). The average molecular weight is 302 g/mol. The van der Waals surface area contributed by atoms with Crippen LogP contribution in [0.25, 0.3) is 0 Å². The molecule has 4 heteroatoms. The van der Waals surface area contributed by atoms with Gasteiger partial charge in [0.25, 0.3) is 0 Å². The fourth-order valence-corrected chi connectivity index (χ4v) is 3.18. The van der Waals surface area contributed by atoms with Crippen LogP contribution in [0.4, 0.5) is 17.1 Å². The number of benzene rings is 2. The van der Waals surface area contributed by atoms with E-state index < -0.39 is 0 Å². The maximum atomic E-state index is 9.63. The molecule has 114 valence electrons. The monoisotopic (exact) mass is 302 g/mol. The van der Waals surface area contributed by atoms with Gasteiger partial charge in [-0.05, 0) is 50.1 Å². The zero-order chi connectivity index (χ0) is 16.7. The Bertz CT molecular complexity index is 870. The summed E-state index contributed by atoms with van der Waals surface area (Å²) in [4.78, 5) is 4.30. The van der Waals surface area contributed by atoms with Crippen LogP contribution in [0.1, 0.15) is 29.2 Å². The summed E-state index contributed by atoms with van der Waals surface area (Å²) < 4.78 is 0. The summed E-state index contributed by atoms with van der Waals surface area (Å²) in [5, 5.41) is 19.0. The molecule has 1 aliphatic rings. The van der Waals surface area contributed by atoms with Gasteiger partial charge < -0.3 is 9.80 Å². The largest absolute Gasteiger partial charge is 0.352 e. The van der Waals surface area contributed by atoms with Crippen LogP contribution in [0.3, 0.4) is 0 Å². The van der Waals surface area contributed by atoms with Crippen LogP contribution >= 0.6 is 0 Å². The van der Waals surface area contributed by atoms with E-state index in [0.717, 1.165) is 22.6 Å². The van der Waals surface area contributed by atoms with Crippen LogP contribution < -0.4 is 9.80 Å². The third-order valence-electron chi connectivity index (χ3n) is 4.57. The number of hydrogen-bond donors (Lipinski definition) is 0. The van der Waals surface area contributed by atoms with Gasteiger partial charge in [0.05, 0.1) is 22.5 Å². The lowest BCUT2D eigenvalue weighted by atomic mass is 10.0. The summed E-state index contributed by atoms with van der Waals surface area (Å²) >= 11 is 0. The van der Waals surface area contributed by atoms with E-state index >= 15 is 0 Å². The highest BCUT2D eigenvalue weighted by atomic mass is 15.4. The fourth-order valence-electron chi connectivity index (χ4n) is 3.18. The third kappa shape index (κ3) is 2.12. The van der Waals surface area contributed by atoms with Crippen LogP contribution in [0.15, 0.2) is 30.3 Å². The molecule has 0 bridgehead atoms. The predicted octanol–water partition coefficient (Wildman–Crippen LogP) is 3.98. The van der Waals surface area contributed by atoms with E-state index in [-0.39, 0.29) is 6.17 Å². The molecule has 0 radical (unpaired) electrons. The van der Waals surface area contributed by atoms with Crippen molar-refractivity contribution in [3.8, 4) is 12.1 Å². The Morgan fingerprint density at radius 1 is 1.00 bits per heavy atom. The number of nitrogens with zero attached hydrogens (tertiary/aromatic N) is 4. The normalized spacial score (nSPS) is 16.0. The molecule has 0 unspecified atom stereocenters. The van der Waals surface area contributed by atoms with E-state index in [0.29, 0.717) is 11.1 Å². The molecule has 23 heavy (non-hydrogen) atoms. The van der Waals surface area contributed by atoms with Crippen LogP contribution in [0.5, 0.6) is 0 Å².